The first-order chi connectivity index (χ1) is 18.8. The molecule has 0 aliphatic carbocycles. The molecule has 39 heavy (non-hydrogen) atoms. The molecule has 0 atom stereocenters. The average molecular weight is 518 g/mol. The van der Waals surface area contributed by atoms with E-state index in [-0.39, 0.29) is 18.2 Å². The maximum atomic E-state index is 13.9. The first kappa shape index (κ1) is 23.7. The maximum absolute atomic E-state index is 13.9. The molecule has 0 saturated carbocycles. The van der Waals surface area contributed by atoms with Crippen LogP contribution in [-0.2, 0) is 6.18 Å². The molecule has 5 aromatic carbocycles. The molecule has 7 rings (SSSR count). The molecule has 0 spiro atoms. The van der Waals surface area contributed by atoms with E-state index in [1.54, 1.807) is 0 Å². The Morgan fingerprint density at radius 3 is 1.46 bits per heavy atom. The smallest absolute Gasteiger partial charge is 0.416 e. The molecule has 5 aromatic rings. The lowest BCUT2D eigenvalue weighted by Gasteiger charge is -2.34. The second-order valence-electron chi connectivity index (χ2n) is 10.2. The summed E-state index contributed by atoms with van der Waals surface area (Å²) < 4.78 is 54.2. The van der Waals surface area contributed by atoms with Gasteiger partial charge in [-0.1, -0.05) is 72.8 Å². The molecule has 0 amide bonds. The van der Waals surface area contributed by atoms with Crippen molar-refractivity contribution in [2.75, 3.05) is 0 Å². The van der Waals surface area contributed by atoms with Crippen LogP contribution >= 0.6 is 0 Å². The number of hydrogen-bond acceptors (Lipinski definition) is 2. The molecule has 6 heteroatoms. The molecule has 2 aliphatic heterocycles. The molecule has 0 aromatic heterocycles. The van der Waals surface area contributed by atoms with Gasteiger partial charge >= 0.3 is 6.18 Å². The summed E-state index contributed by atoms with van der Waals surface area (Å²) >= 11 is 0. The van der Waals surface area contributed by atoms with E-state index in [0.29, 0.717) is 17.0 Å². The van der Waals surface area contributed by atoms with Crippen molar-refractivity contribution in [1.29, 1.82) is 0 Å². The fourth-order valence-corrected chi connectivity index (χ4v) is 5.78. The number of hydrogen-bond donors (Lipinski definition) is 0. The molecular formula is C33H22BF3O2. The van der Waals surface area contributed by atoms with Crippen LogP contribution in [0.25, 0.3) is 22.3 Å². The Kier molecular flexibility index (Phi) is 5.18. The van der Waals surface area contributed by atoms with Crippen LogP contribution in [0.2, 0.25) is 0 Å². The summed E-state index contributed by atoms with van der Waals surface area (Å²) in [5, 5.41) is 0. The molecule has 2 aliphatic rings. The molecule has 0 N–H and O–H groups in total. The van der Waals surface area contributed by atoms with Crippen LogP contribution in [0.15, 0.2) is 97.1 Å². The maximum Gasteiger partial charge on any atom is 0.416 e. The number of fused-ring (bicyclic) bond motifs is 4. The van der Waals surface area contributed by atoms with Gasteiger partial charge in [0.15, 0.2) is 0 Å². The van der Waals surface area contributed by atoms with Gasteiger partial charge in [0.05, 0.1) is 5.56 Å². The number of alkyl halides is 3. The molecule has 2 nitrogen and oxygen atoms in total. The predicted octanol–water partition coefficient (Wildman–Crippen LogP) is 7.38. The SMILES string of the molecule is Cc1ccccc1-c1ccc2c(c1)Oc1cc(C(F)(F)F)cc3c1B2c1ccc(-c2ccccc2C)cc1O3. The number of benzene rings is 5. The van der Waals surface area contributed by atoms with Crippen LogP contribution in [0.4, 0.5) is 13.2 Å². The van der Waals surface area contributed by atoms with Gasteiger partial charge in [-0.05, 0) is 82.4 Å². The fourth-order valence-electron chi connectivity index (χ4n) is 5.78. The van der Waals surface area contributed by atoms with Crippen LogP contribution < -0.4 is 25.9 Å². The van der Waals surface area contributed by atoms with E-state index in [1.165, 1.54) is 0 Å². The van der Waals surface area contributed by atoms with Gasteiger partial charge in [0.25, 0.3) is 6.71 Å². The number of halogens is 3. The Balaban J connectivity index is 1.44. The average Bonchev–Trinajstić information content (AvgIpc) is 2.92. The van der Waals surface area contributed by atoms with Crippen LogP contribution in [0.5, 0.6) is 23.0 Å². The highest BCUT2D eigenvalue weighted by atomic mass is 19.4. The van der Waals surface area contributed by atoms with Gasteiger partial charge in [0.2, 0.25) is 0 Å². The van der Waals surface area contributed by atoms with Gasteiger partial charge in [-0.15, -0.1) is 0 Å². The molecule has 0 saturated heterocycles. The van der Waals surface area contributed by atoms with E-state index in [9.17, 15) is 13.2 Å². The quantitative estimate of drug-likeness (QED) is 0.222. The predicted molar refractivity (Wildman–Crippen MR) is 149 cm³/mol. The number of aryl methyl sites for hydroxylation is 2. The summed E-state index contributed by atoms with van der Waals surface area (Å²) in [6.45, 7) is 3.75. The molecule has 190 valence electrons. The monoisotopic (exact) mass is 518 g/mol. The second kappa shape index (κ2) is 8.53. The summed E-state index contributed by atoms with van der Waals surface area (Å²) in [7, 11) is 0. The zero-order valence-corrected chi connectivity index (χ0v) is 21.3. The zero-order chi connectivity index (χ0) is 26.9. The Labute approximate surface area is 224 Å². The van der Waals surface area contributed by atoms with E-state index in [1.807, 2.05) is 86.6 Å². The molecule has 0 bridgehead atoms. The topological polar surface area (TPSA) is 18.5 Å². The standard InChI is InChI=1S/C33H22BF3O2/c1-19-7-3-5-9-24(19)21-11-13-26-28(15-21)38-30-17-23(33(35,36)37)18-31-32(30)34(26)27-14-12-22(16-29(27)39-31)25-10-6-4-8-20(25)2/h3-18H,1-2H3. The van der Waals surface area contributed by atoms with Crippen molar-refractivity contribution in [3.63, 3.8) is 0 Å². The van der Waals surface area contributed by atoms with E-state index < -0.39 is 11.7 Å². The minimum absolute atomic E-state index is 0.174. The second-order valence-corrected chi connectivity index (χ2v) is 10.2. The van der Waals surface area contributed by atoms with Gasteiger partial charge in [0, 0.05) is 5.46 Å². The normalized spacial score (nSPS) is 13.1. The first-order valence-electron chi connectivity index (χ1n) is 12.8. The Morgan fingerprint density at radius 1 is 0.564 bits per heavy atom. The van der Waals surface area contributed by atoms with Crippen molar-refractivity contribution in [2.45, 2.75) is 20.0 Å². The van der Waals surface area contributed by atoms with E-state index in [2.05, 4.69) is 12.1 Å². The summed E-state index contributed by atoms with van der Waals surface area (Å²) in [4.78, 5) is 0. The van der Waals surface area contributed by atoms with Gasteiger partial charge < -0.3 is 9.47 Å². The van der Waals surface area contributed by atoms with Crippen molar-refractivity contribution in [2.24, 2.45) is 0 Å². The third-order valence-electron chi connectivity index (χ3n) is 7.72. The van der Waals surface area contributed by atoms with Gasteiger partial charge in [0.1, 0.15) is 23.0 Å². The van der Waals surface area contributed by atoms with Crippen LogP contribution in [0.3, 0.4) is 0 Å². The highest BCUT2D eigenvalue weighted by molar-refractivity contribution is 6.98. The minimum Gasteiger partial charge on any atom is -0.458 e. The highest BCUT2D eigenvalue weighted by Crippen LogP contribution is 2.41. The van der Waals surface area contributed by atoms with Crippen molar-refractivity contribution < 1.29 is 22.6 Å². The summed E-state index contributed by atoms with van der Waals surface area (Å²) in [5.41, 5.74) is 7.83. The zero-order valence-electron chi connectivity index (χ0n) is 21.3. The van der Waals surface area contributed by atoms with Gasteiger partial charge in [-0.3, -0.25) is 0 Å². The summed E-state index contributed by atoms with van der Waals surface area (Å²) in [6, 6.07) is 30.2. The van der Waals surface area contributed by atoms with Crippen molar-refractivity contribution >= 4 is 23.1 Å². The largest absolute Gasteiger partial charge is 0.458 e. The number of ether oxygens (including phenoxy) is 2. The van der Waals surface area contributed by atoms with E-state index in [4.69, 9.17) is 9.47 Å². The van der Waals surface area contributed by atoms with Crippen molar-refractivity contribution in [3.05, 3.63) is 114 Å². The van der Waals surface area contributed by atoms with Gasteiger partial charge in [-0.25, -0.2) is 0 Å². The highest BCUT2D eigenvalue weighted by Gasteiger charge is 2.43. The first-order valence-corrected chi connectivity index (χ1v) is 12.8. The lowest BCUT2D eigenvalue weighted by molar-refractivity contribution is -0.137. The Hall–Kier alpha value is -4.45. The lowest BCUT2D eigenvalue weighted by atomic mass is 9.34. The Morgan fingerprint density at radius 2 is 1.03 bits per heavy atom. The van der Waals surface area contributed by atoms with Crippen LogP contribution in [0.1, 0.15) is 16.7 Å². The third kappa shape index (κ3) is 3.82. The van der Waals surface area contributed by atoms with Crippen LogP contribution in [-0.4, -0.2) is 6.71 Å². The number of rotatable bonds is 2. The molecule has 0 radical (unpaired) electrons. The third-order valence-corrected chi connectivity index (χ3v) is 7.72. The van der Waals surface area contributed by atoms with Crippen molar-refractivity contribution in [1.82, 2.24) is 0 Å². The Bertz CT molecular complexity index is 1670. The molecule has 0 fully saturated rings. The fraction of sp³-hybridized carbons (Fsp3) is 0.0909. The van der Waals surface area contributed by atoms with Gasteiger partial charge in [-0.2, -0.15) is 13.2 Å². The molecular weight excluding hydrogens is 496 g/mol. The van der Waals surface area contributed by atoms with Crippen molar-refractivity contribution in [3.8, 4) is 45.3 Å². The van der Waals surface area contributed by atoms with E-state index >= 15 is 0 Å². The minimum atomic E-state index is -4.54. The molecule has 0 unspecified atom stereocenters. The lowest BCUT2D eigenvalue weighted by Crippen LogP contribution is -2.57. The van der Waals surface area contributed by atoms with E-state index in [0.717, 1.165) is 56.4 Å². The molecule has 2 heterocycles. The van der Waals surface area contributed by atoms with Crippen LogP contribution in [0, 0.1) is 13.8 Å². The summed E-state index contributed by atoms with van der Waals surface area (Å²) in [5.74, 6) is 1.45. The summed E-state index contributed by atoms with van der Waals surface area (Å²) in [6.07, 6.45) is -4.54.